The Morgan fingerprint density at radius 1 is 1.14 bits per heavy atom. The molecular weight excluding hydrogens is 372 g/mol. The number of hydrogen-bond donors (Lipinski definition) is 0. The van der Waals surface area contributed by atoms with Crippen molar-refractivity contribution in [1.82, 2.24) is 19.4 Å². The van der Waals surface area contributed by atoms with Crippen LogP contribution in [0.2, 0.25) is 0 Å². The average Bonchev–Trinajstić information content (AvgIpc) is 2.73. The third kappa shape index (κ3) is 4.25. The summed E-state index contributed by atoms with van der Waals surface area (Å²) in [6.45, 7) is 12.5. The maximum absolute atomic E-state index is 13.1. The monoisotopic (exact) mass is 402 g/mol. The van der Waals surface area contributed by atoms with Crippen molar-refractivity contribution in [3.63, 3.8) is 0 Å². The van der Waals surface area contributed by atoms with Crippen molar-refractivity contribution in [2.45, 2.75) is 50.6 Å². The van der Waals surface area contributed by atoms with Crippen LogP contribution in [-0.4, -0.2) is 63.2 Å². The zero-order valence-electron chi connectivity index (χ0n) is 17.2. The molecule has 2 heterocycles. The van der Waals surface area contributed by atoms with Gasteiger partial charge in [-0.25, -0.2) is 4.98 Å². The Kier molecular flexibility index (Phi) is 6.78. The third-order valence-corrected chi connectivity index (χ3v) is 6.62. The van der Waals surface area contributed by atoms with Gasteiger partial charge in [0.15, 0.2) is 5.16 Å². The number of carbonyl (C=O) groups is 1. The number of fused-ring (bicyclic) bond motifs is 1. The van der Waals surface area contributed by atoms with E-state index in [1.165, 1.54) is 11.8 Å². The van der Waals surface area contributed by atoms with E-state index in [1.807, 2.05) is 43.0 Å². The molecule has 3 rings (SSSR count). The van der Waals surface area contributed by atoms with Crippen molar-refractivity contribution in [3.8, 4) is 0 Å². The fourth-order valence-electron chi connectivity index (χ4n) is 3.53. The van der Waals surface area contributed by atoms with Crippen molar-refractivity contribution in [2.75, 3.05) is 32.7 Å². The van der Waals surface area contributed by atoms with Gasteiger partial charge in [-0.05, 0) is 38.9 Å². The lowest BCUT2D eigenvalue weighted by Gasteiger charge is -2.35. The molecular formula is C21H30N4O2S. The predicted octanol–water partition coefficient (Wildman–Crippen LogP) is 3.01. The van der Waals surface area contributed by atoms with Crippen LogP contribution in [-0.2, 0) is 4.79 Å². The Labute approximate surface area is 170 Å². The van der Waals surface area contributed by atoms with Crippen molar-refractivity contribution in [1.29, 1.82) is 0 Å². The van der Waals surface area contributed by atoms with Crippen LogP contribution < -0.4 is 5.56 Å². The van der Waals surface area contributed by atoms with Crippen LogP contribution in [0.1, 0.15) is 40.2 Å². The summed E-state index contributed by atoms with van der Waals surface area (Å²) in [5, 5.41) is 0.976. The molecule has 1 aliphatic rings. The summed E-state index contributed by atoms with van der Waals surface area (Å²) in [7, 11) is 0. The first-order chi connectivity index (χ1) is 13.5. The largest absolute Gasteiger partial charge is 0.339 e. The normalized spacial score (nSPS) is 17.6. The molecule has 1 aromatic carbocycles. The zero-order chi connectivity index (χ0) is 20.3. The van der Waals surface area contributed by atoms with Crippen LogP contribution in [0, 0.1) is 0 Å². The van der Waals surface area contributed by atoms with E-state index in [0.717, 1.165) is 39.1 Å². The van der Waals surface area contributed by atoms with Gasteiger partial charge in [-0.2, -0.15) is 0 Å². The number of nitrogens with zero attached hydrogens (tertiary/aromatic N) is 4. The van der Waals surface area contributed by atoms with Gasteiger partial charge in [0.05, 0.1) is 16.2 Å². The standard InChI is InChI=1S/C21H30N4O2S/c1-5-15(3)25-20(27)17-9-7-8-10-18(17)22-21(25)28-16(4)19(26)24-13-11-23(6-2)12-14-24/h7-10,15-16H,5-6,11-14H2,1-4H3/t15-,16-/m1/s1. The zero-order valence-corrected chi connectivity index (χ0v) is 18.0. The second kappa shape index (κ2) is 9.09. The summed E-state index contributed by atoms with van der Waals surface area (Å²) >= 11 is 1.40. The molecule has 1 saturated heterocycles. The van der Waals surface area contributed by atoms with Crippen LogP contribution in [0.5, 0.6) is 0 Å². The van der Waals surface area contributed by atoms with E-state index < -0.39 is 0 Å². The molecule has 28 heavy (non-hydrogen) atoms. The number of para-hydroxylation sites is 1. The quantitative estimate of drug-likeness (QED) is 0.549. The second-order valence-corrected chi connectivity index (χ2v) is 8.67. The maximum Gasteiger partial charge on any atom is 0.262 e. The molecule has 1 amide bonds. The summed E-state index contributed by atoms with van der Waals surface area (Å²) in [5.41, 5.74) is 0.657. The molecule has 2 atom stereocenters. The summed E-state index contributed by atoms with van der Waals surface area (Å²) in [5.74, 6) is 0.124. The van der Waals surface area contributed by atoms with Gasteiger partial charge in [0.25, 0.3) is 5.56 Å². The predicted molar refractivity (Wildman–Crippen MR) is 115 cm³/mol. The van der Waals surface area contributed by atoms with Crippen LogP contribution >= 0.6 is 11.8 Å². The number of thioether (sulfide) groups is 1. The highest BCUT2D eigenvalue weighted by molar-refractivity contribution is 8.00. The second-order valence-electron chi connectivity index (χ2n) is 7.36. The lowest BCUT2D eigenvalue weighted by molar-refractivity contribution is -0.132. The van der Waals surface area contributed by atoms with Crippen molar-refractivity contribution in [3.05, 3.63) is 34.6 Å². The van der Waals surface area contributed by atoms with Crippen molar-refractivity contribution < 1.29 is 4.79 Å². The minimum absolute atomic E-state index is 0.0290. The van der Waals surface area contributed by atoms with Crippen LogP contribution in [0.3, 0.4) is 0 Å². The summed E-state index contributed by atoms with van der Waals surface area (Å²) < 4.78 is 1.76. The molecule has 7 heteroatoms. The number of benzene rings is 1. The molecule has 1 fully saturated rings. The highest BCUT2D eigenvalue weighted by Gasteiger charge is 2.27. The number of aromatic nitrogens is 2. The van der Waals surface area contributed by atoms with E-state index in [4.69, 9.17) is 4.98 Å². The SMILES string of the molecule is CC[C@@H](C)n1c(S[C@H](C)C(=O)N2CCN(CC)CC2)nc2ccccc2c1=O. The maximum atomic E-state index is 13.1. The van der Waals surface area contributed by atoms with Gasteiger partial charge in [0.1, 0.15) is 0 Å². The molecule has 6 nitrogen and oxygen atoms in total. The first kappa shape index (κ1) is 20.9. The molecule has 0 N–H and O–H groups in total. The van der Waals surface area contributed by atoms with Gasteiger partial charge < -0.3 is 9.80 Å². The summed E-state index contributed by atoms with van der Waals surface area (Å²) in [6.07, 6.45) is 0.828. The van der Waals surface area contributed by atoms with Gasteiger partial charge >= 0.3 is 0 Å². The topological polar surface area (TPSA) is 58.4 Å². The van der Waals surface area contributed by atoms with Gasteiger partial charge in [-0.15, -0.1) is 0 Å². The molecule has 0 aliphatic carbocycles. The number of rotatable bonds is 6. The molecule has 2 aromatic rings. The minimum Gasteiger partial charge on any atom is -0.339 e. The van der Waals surface area contributed by atoms with Crippen LogP contribution in [0.15, 0.2) is 34.2 Å². The molecule has 152 valence electrons. The van der Waals surface area contributed by atoms with Crippen LogP contribution in [0.4, 0.5) is 0 Å². The Balaban J connectivity index is 1.86. The average molecular weight is 403 g/mol. The van der Waals surface area contributed by atoms with Crippen LogP contribution in [0.25, 0.3) is 10.9 Å². The highest BCUT2D eigenvalue weighted by Crippen LogP contribution is 2.27. The number of hydrogen-bond acceptors (Lipinski definition) is 5. The van der Waals surface area contributed by atoms with E-state index in [9.17, 15) is 9.59 Å². The van der Waals surface area contributed by atoms with E-state index >= 15 is 0 Å². The van der Waals surface area contributed by atoms with Gasteiger partial charge in [0.2, 0.25) is 5.91 Å². The third-order valence-electron chi connectivity index (χ3n) is 5.57. The highest BCUT2D eigenvalue weighted by atomic mass is 32.2. The molecule has 1 aromatic heterocycles. The van der Waals surface area contributed by atoms with Gasteiger partial charge in [-0.1, -0.05) is 37.7 Å². The fourth-order valence-corrected chi connectivity index (χ4v) is 4.62. The molecule has 0 bridgehead atoms. The number of piperazine rings is 1. The van der Waals surface area contributed by atoms with Crippen molar-refractivity contribution >= 4 is 28.6 Å². The lowest BCUT2D eigenvalue weighted by Crippen LogP contribution is -2.50. The Bertz CT molecular complexity index is 890. The number of carbonyl (C=O) groups excluding carboxylic acids is 1. The van der Waals surface area contributed by atoms with Gasteiger partial charge in [0, 0.05) is 32.2 Å². The smallest absolute Gasteiger partial charge is 0.262 e. The molecule has 0 unspecified atom stereocenters. The minimum atomic E-state index is -0.281. The number of amides is 1. The first-order valence-corrected chi connectivity index (χ1v) is 11.0. The van der Waals surface area contributed by atoms with E-state index in [2.05, 4.69) is 18.7 Å². The summed E-state index contributed by atoms with van der Waals surface area (Å²) in [4.78, 5) is 35.1. The Morgan fingerprint density at radius 3 is 2.46 bits per heavy atom. The van der Waals surface area contributed by atoms with Crippen molar-refractivity contribution in [2.24, 2.45) is 0 Å². The first-order valence-electron chi connectivity index (χ1n) is 10.1. The Hall–Kier alpha value is -1.86. The lowest BCUT2D eigenvalue weighted by atomic mass is 10.2. The van der Waals surface area contributed by atoms with E-state index in [0.29, 0.717) is 16.1 Å². The van der Waals surface area contributed by atoms with E-state index in [-0.39, 0.29) is 22.8 Å². The molecule has 0 radical (unpaired) electrons. The van der Waals surface area contributed by atoms with Gasteiger partial charge in [-0.3, -0.25) is 14.2 Å². The van der Waals surface area contributed by atoms with E-state index in [1.54, 1.807) is 4.57 Å². The molecule has 1 aliphatic heterocycles. The fraction of sp³-hybridized carbons (Fsp3) is 0.571. The summed E-state index contributed by atoms with van der Waals surface area (Å²) in [6, 6.07) is 7.46. The molecule has 0 spiro atoms. The molecule has 0 saturated carbocycles. The number of likely N-dealkylation sites (N-methyl/N-ethyl adjacent to an activating group) is 1. The Morgan fingerprint density at radius 2 is 1.82 bits per heavy atom.